The van der Waals surface area contributed by atoms with Crippen LogP contribution in [0.1, 0.15) is 26.7 Å². The molecular formula is C14H22FNO. The summed E-state index contributed by atoms with van der Waals surface area (Å²) in [7, 11) is 0. The lowest BCUT2D eigenvalue weighted by atomic mass is 10.3. The van der Waals surface area contributed by atoms with E-state index in [1.807, 2.05) is 0 Å². The molecule has 0 N–H and O–H groups in total. The third-order valence-electron chi connectivity index (χ3n) is 2.85. The summed E-state index contributed by atoms with van der Waals surface area (Å²) < 4.78 is 18.2. The van der Waals surface area contributed by atoms with Gasteiger partial charge in [0.1, 0.15) is 11.6 Å². The minimum Gasteiger partial charge on any atom is -0.494 e. The van der Waals surface area contributed by atoms with Crippen LogP contribution in [0, 0.1) is 5.82 Å². The van der Waals surface area contributed by atoms with Crippen molar-refractivity contribution < 1.29 is 9.13 Å². The van der Waals surface area contributed by atoms with Crippen LogP contribution in [-0.4, -0.2) is 31.1 Å². The van der Waals surface area contributed by atoms with Gasteiger partial charge in [0.15, 0.2) is 0 Å². The van der Waals surface area contributed by atoms with E-state index in [4.69, 9.17) is 4.74 Å². The smallest absolute Gasteiger partial charge is 0.123 e. The molecule has 0 aliphatic carbocycles. The highest BCUT2D eigenvalue weighted by Crippen LogP contribution is 2.11. The van der Waals surface area contributed by atoms with Gasteiger partial charge in [0.05, 0.1) is 6.61 Å². The molecule has 2 nitrogen and oxygen atoms in total. The van der Waals surface area contributed by atoms with Gasteiger partial charge in [-0.25, -0.2) is 4.39 Å². The van der Waals surface area contributed by atoms with Gasteiger partial charge in [-0.05, 0) is 56.7 Å². The highest BCUT2D eigenvalue weighted by atomic mass is 19.1. The second kappa shape index (κ2) is 8.07. The zero-order valence-corrected chi connectivity index (χ0v) is 10.8. The second-order valence-corrected chi connectivity index (χ2v) is 4.04. The first-order valence-electron chi connectivity index (χ1n) is 6.37. The van der Waals surface area contributed by atoms with Crippen LogP contribution in [0.15, 0.2) is 24.3 Å². The van der Waals surface area contributed by atoms with Crippen LogP contribution in [-0.2, 0) is 0 Å². The first-order chi connectivity index (χ1) is 8.26. The van der Waals surface area contributed by atoms with Crippen molar-refractivity contribution in [1.29, 1.82) is 0 Å². The summed E-state index contributed by atoms with van der Waals surface area (Å²) in [4.78, 5) is 2.40. The van der Waals surface area contributed by atoms with Gasteiger partial charge < -0.3 is 9.64 Å². The molecule has 1 rings (SSSR count). The Morgan fingerprint density at radius 1 is 1.06 bits per heavy atom. The van der Waals surface area contributed by atoms with Crippen molar-refractivity contribution in [1.82, 2.24) is 4.90 Å². The zero-order valence-electron chi connectivity index (χ0n) is 10.8. The van der Waals surface area contributed by atoms with E-state index in [0.29, 0.717) is 6.61 Å². The second-order valence-electron chi connectivity index (χ2n) is 4.04. The average molecular weight is 239 g/mol. The lowest BCUT2D eigenvalue weighted by molar-refractivity contribution is 0.266. The van der Waals surface area contributed by atoms with Gasteiger partial charge in [0, 0.05) is 0 Å². The molecule has 0 heterocycles. The van der Waals surface area contributed by atoms with Gasteiger partial charge in [-0.1, -0.05) is 13.8 Å². The minimum absolute atomic E-state index is 0.223. The van der Waals surface area contributed by atoms with Crippen LogP contribution in [0.3, 0.4) is 0 Å². The molecule has 0 atom stereocenters. The number of hydrogen-bond donors (Lipinski definition) is 0. The van der Waals surface area contributed by atoms with E-state index in [2.05, 4.69) is 18.7 Å². The average Bonchev–Trinajstić information content (AvgIpc) is 2.36. The topological polar surface area (TPSA) is 12.5 Å². The summed E-state index contributed by atoms with van der Waals surface area (Å²) in [6.45, 7) is 8.40. The lowest BCUT2D eigenvalue weighted by Gasteiger charge is -2.17. The third kappa shape index (κ3) is 5.68. The molecule has 17 heavy (non-hydrogen) atoms. The SMILES string of the molecule is CCN(CC)CCCCOc1ccc(F)cc1. The Balaban J connectivity index is 2.10. The number of rotatable bonds is 8. The molecule has 0 saturated heterocycles. The van der Waals surface area contributed by atoms with E-state index in [9.17, 15) is 4.39 Å². The monoisotopic (exact) mass is 239 g/mol. The van der Waals surface area contributed by atoms with Crippen molar-refractivity contribution in [3.63, 3.8) is 0 Å². The van der Waals surface area contributed by atoms with Gasteiger partial charge in [0.25, 0.3) is 0 Å². The number of hydrogen-bond acceptors (Lipinski definition) is 2. The van der Waals surface area contributed by atoms with Crippen molar-refractivity contribution in [3.8, 4) is 5.75 Å². The van der Waals surface area contributed by atoms with Gasteiger partial charge in [0.2, 0.25) is 0 Å². The number of unbranched alkanes of at least 4 members (excludes halogenated alkanes) is 1. The van der Waals surface area contributed by atoms with Crippen LogP contribution >= 0.6 is 0 Å². The fraction of sp³-hybridized carbons (Fsp3) is 0.571. The van der Waals surface area contributed by atoms with Crippen LogP contribution in [0.4, 0.5) is 4.39 Å². The Morgan fingerprint density at radius 3 is 2.29 bits per heavy atom. The molecule has 0 unspecified atom stereocenters. The first-order valence-corrected chi connectivity index (χ1v) is 6.37. The molecule has 0 spiro atoms. The number of benzene rings is 1. The van der Waals surface area contributed by atoms with Crippen molar-refractivity contribution in [2.24, 2.45) is 0 Å². The summed E-state index contributed by atoms with van der Waals surface area (Å²) in [6.07, 6.45) is 2.18. The molecule has 1 aromatic rings. The summed E-state index contributed by atoms with van der Waals surface area (Å²) in [5, 5.41) is 0. The Morgan fingerprint density at radius 2 is 1.71 bits per heavy atom. The summed E-state index contributed by atoms with van der Waals surface area (Å²) in [5.41, 5.74) is 0. The predicted octanol–water partition coefficient (Wildman–Crippen LogP) is 3.33. The van der Waals surface area contributed by atoms with Crippen LogP contribution < -0.4 is 4.74 Å². The van der Waals surface area contributed by atoms with Crippen molar-refractivity contribution in [2.75, 3.05) is 26.2 Å². The molecule has 3 heteroatoms. The number of ether oxygens (including phenoxy) is 1. The van der Waals surface area contributed by atoms with Crippen LogP contribution in [0.25, 0.3) is 0 Å². The molecule has 0 radical (unpaired) electrons. The van der Waals surface area contributed by atoms with Crippen LogP contribution in [0.2, 0.25) is 0 Å². The molecule has 0 aromatic heterocycles. The summed E-state index contributed by atoms with van der Waals surface area (Å²) >= 11 is 0. The third-order valence-corrected chi connectivity index (χ3v) is 2.85. The van der Waals surface area contributed by atoms with Crippen LogP contribution in [0.5, 0.6) is 5.75 Å². The minimum atomic E-state index is -0.223. The van der Waals surface area contributed by atoms with E-state index in [1.54, 1.807) is 12.1 Å². The number of nitrogens with zero attached hydrogens (tertiary/aromatic N) is 1. The Labute approximate surface area is 103 Å². The van der Waals surface area contributed by atoms with Crippen molar-refractivity contribution >= 4 is 0 Å². The maximum absolute atomic E-state index is 12.6. The fourth-order valence-electron chi connectivity index (χ4n) is 1.70. The highest BCUT2D eigenvalue weighted by molar-refractivity contribution is 5.21. The first kappa shape index (κ1) is 14.0. The van der Waals surface area contributed by atoms with Crippen molar-refractivity contribution in [3.05, 3.63) is 30.1 Å². The molecule has 1 aromatic carbocycles. The molecule has 96 valence electrons. The van der Waals surface area contributed by atoms with E-state index < -0.39 is 0 Å². The molecule has 0 saturated carbocycles. The fourth-order valence-corrected chi connectivity index (χ4v) is 1.70. The highest BCUT2D eigenvalue weighted by Gasteiger charge is 1.99. The summed E-state index contributed by atoms with van der Waals surface area (Å²) in [5.74, 6) is 0.521. The molecule has 0 bridgehead atoms. The molecule has 0 aliphatic heterocycles. The summed E-state index contributed by atoms with van der Waals surface area (Å²) in [6, 6.07) is 6.18. The van der Waals surface area contributed by atoms with Gasteiger partial charge >= 0.3 is 0 Å². The van der Waals surface area contributed by atoms with E-state index in [1.165, 1.54) is 12.1 Å². The standard InChI is InChI=1S/C14H22FNO/c1-3-16(4-2)11-5-6-12-17-14-9-7-13(15)8-10-14/h7-10H,3-6,11-12H2,1-2H3. The quantitative estimate of drug-likeness (QED) is 0.645. The van der Waals surface area contributed by atoms with Gasteiger partial charge in [-0.2, -0.15) is 0 Å². The van der Waals surface area contributed by atoms with Crippen molar-refractivity contribution in [2.45, 2.75) is 26.7 Å². The van der Waals surface area contributed by atoms with Gasteiger partial charge in [-0.15, -0.1) is 0 Å². The molecule has 0 fully saturated rings. The Hall–Kier alpha value is -1.09. The largest absolute Gasteiger partial charge is 0.494 e. The number of halogens is 1. The predicted molar refractivity (Wildman–Crippen MR) is 68.9 cm³/mol. The normalized spacial score (nSPS) is 10.8. The lowest BCUT2D eigenvalue weighted by Crippen LogP contribution is -2.24. The maximum Gasteiger partial charge on any atom is 0.123 e. The van der Waals surface area contributed by atoms with E-state index >= 15 is 0 Å². The maximum atomic E-state index is 12.6. The Bertz CT molecular complexity index is 296. The molecule has 0 amide bonds. The van der Waals surface area contributed by atoms with Gasteiger partial charge in [-0.3, -0.25) is 0 Å². The van der Waals surface area contributed by atoms with E-state index in [-0.39, 0.29) is 5.82 Å². The zero-order chi connectivity index (χ0) is 12.5. The molecular weight excluding hydrogens is 217 g/mol. The molecule has 0 aliphatic rings. The Kier molecular flexibility index (Phi) is 6.63. The van der Waals surface area contributed by atoms with E-state index in [0.717, 1.165) is 38.2 Å².